The molecule has 0 spiro atoms. The van der Waals surface area contributed by atoms with Crippen LogP contribution in [0.3, 0.4) is 0 Å². The third-order valence-corrected chi connectivity index (χ3v) is 3.90. The average molecular weight is 277 g/mol. The molecule has 2 rings (SSSR count). The molecule has 1 aromatic heterocycles. The Balaban J connectivity index is 2.32. The molecule has 1 heterocycles. The molecule has 0 amide bonds. The first-order valence-electron chi connectivity index (χ1n) is 5.80. The van der Waals surface area contributed by atoms with Crippen LogP contribution in [0.1, 0.15) is 16.5 Å². The molecule has 19 heavy (non-hydrogen) atoms. The highest BCUT2D eigenvalue weighted by atomic mass is 32.1. The van der Waals surface area contributed by atoms with Crippen molar-refractivity contribution in [1.29, 1.82) is 0 Å². The van der Waals surface area contributed by atoms with Crippen LogP contribution in [0.5, 0.6) is 5.75 Å². The molecule has 1 unspecified atom stereocenters. The zero-order chi connectivity index (χ0) is 13.8. The number of carbonyl (C=O) groups is 1. The van der Waals surface area contributed by atoms with E-state index in [1.165, 1.54) is 11.3 Å². The molecule has 1 aromatic carbocycles. The van der Waals surface area contributed by atoms with Crippen molar-refractivity contribution >= 4 is 23.0 Å². The van der Waals surface area contributed by atoms with Crippen LogP contribution in [-0.4, -0.2) is 18.2 Å². The summed E-state index contributed by atoms with van der Waals surface area (Å²) in [5.41, 5.74) is 1.64. The Morgan fingerprint density at radius 3 is 2.68 bits per heavy atom. The molecular formula is C14H15NO3S. The highest BCUT2D eigenvalue weighted by molar-refractivity contribution is 7.10. The molecule has 5 heteroatoms. The summed E-state index contributed by atoms with van der Waals surface area (Å²) in [4.78, 5) is 12.3. The molecule has 0 saturated heterocycles. The Hall–Kier alpha value is -2.01. The summed E-state index contributed by atoms with van der Waals surface area (Å²) in [5, 5.41) is 14.3. The van der Waals surface area contributed by atoms with Crippen molar-refractivity contribution < 1.29 is 14.6 Å². The molecule has 0 bridgehead atoms. The summed E-state index contributed by atoms with van der Waals surface area (Å²) in [6.45, 7) is 1.91. The van der Waals surface area contributed by atoms with Gasteiger partial charge in [0, 0.05) is 4.88 Å². The van der Waals surface area contributed by atoms with E-state index in [1.54, 1.807) is 19.2 Å². The van der Waals surface area contributed by atoms with Crippen LogP contribution in [0.4, 0.5) is 5.69 Å². The molecule has 0 fully saturated rings. The van der Waals surface area contributed by atoms with Gasteiger partial charge in [-0.05, 0) is 36.1 Å². The number of rotatable bonds is 5. The SMILES string of the molecule is COc1ccccc1NC(C(=O)O)c1sccc1C. The summed E-state index contributed by atoms with van der Waals surface area (Å²) in [6, 6.07) is 8.43. The number of nitrogens with one attached hydrogen (secondary N) is 1. The largest absolute Gasteiger partial charge is 0.495 e. The number of carboxylic acids is 1. The van der Waals surface area contributed by atoms with E-state index < -0.39 is 12.0 Å². The van der Waals surface area contributed by atoms with E-state index in [0.717, 1.165) is 10.4 Å². The summed E-state index contributed by atoms with van der Waals surface area (Å²) in [6.07, 6.45) is 0. The Bertz CT molecular complexity index is 580. The highest BCUT2D eigenvalue weighted by Crippen LogP contribution is 2.31. The number of hydrogen-bond donors (Lipinski definition) is 2. The van der Waals surface area contributed by atoms with Crippen LogP contribution in [0.25, 0.3) is 0 Å². The fourth-order valence-corrected chi connectivity index (χ4v) is 2.81. The quantitative estimate of drug-likeness (QED) is 0.880. The molecule has 0 aliphatic carbocycles. The van der Waals surface area contributed by atoms with Crippen molar-refractivity contribution in [3.63, 3.8) is 0 Å². The van der Waals surface area contributed by atoms with Crippen LogP contribution in [0, 0.1) is 6.92 Å². The summed E-state index contributed by atoms with van der Waals surface area (Å²) in [7, 11) is 1.56. The second kappa shape index (κ2) is 5.75. The normalized spacial score (nSPS) is 11.9. The second-order valence-electron chi connectivity index (χ2n) is 4.08. The Morgan fingerprint density at radius 2 is 2.11 bits per heavy atom. The van der Waals surface area contributed by atoms with Crippen LogP contribution >= 0.6 is 11.3 Å². The first kappa shape index (κ1) is 13.4. The zero-order valence-electron chi connectivity index (χ0n) is 10.7. The standard InChI is InChI=1S/C14H15NO3S/c1-9-7-8-19-13(9)12(14(16)17)15-10-5-3-4-6-11(10)18-2/h3-8,12,15H,1-2H3,(H,16,17). The second-order valence-corrected chi connectivity index (χ2v) is 5.03. The number of anilines is 1. The number of carboxylic acid groups (broad SMARTS) is 1. The predicted octanol–water partition coefficient (Wildman–Crippen LogP) is 3.30. The number of aliphatic carboxylic acids is 1. The van der Waals surface area contributed by atoms with E-state index in [1.807, 2.05) is 30.5 Å². The van der Waals surface area contributed by atoms with E-state index in [0.29, 0.717) is 11.4 Å². The monoisotopic (exact) mass is 277 g/mol. The van der Waals surface area contributed by atoms with Crippen molar-refractivity contribution in [2.24, 2.45) is 0 Å². The van der Waals surface area contributed by atoms with Gasteiger partial charge in [-0.2, -0.15) is 0 Å². The van der Waals surface area contributed by atoms with Gasteiger partial charge in [0.25, 0.3) is 0 Å². The van der Waals surface area contributed by atoms with Crippen molar-refractivity contribution in [3.05, 3.63) is 46.2 Å². The topological polar surface area (TPSA) is 58.6 Å². The number of ether oxygens (including phenoxy) is 1. The molecule has 4 nitrogen and oxygen atoms in total. The minimum absolute atomic E-state index is 0.628. The first-order valence-corrected chi connectivity index (χ1v) is 6.67. The number of methoxy groups -OCH3 is 1. The van der Waals surface area contributed by atoms with E-state index in [-0.39, 0.29) is 0 Å². The van der Waals surface area contributed by atoms with Gasteiger partial charge in [0.05, 0.1) is 12.8 Å². The van der Waals surface area contributed by atoms with Gasteiger partial charge >= 0.3 is 5.97 Å². The number of benzene rings is 1. The summed E-state index contributed by atoms with van der Waals surface area (Å²) >= 11 is 1.43. The number of hydrogen-bond acceptors (Lipinski definition) is 4. The van der Waals surface area contributed by atoms with Crippen LogP contribution in [-0.2, 0) is 4.79 Å². The molecule has 2 aromatic rings. The van der Waals surface area contributed by atoms with Gasteiger partial charge in [-0.3, -0.25) is 0 Å². The fraction of sp³-hybridized carbons (Fsp3) is 0.214. The van der Waals surface area contributed by atoms with Crippen LogP contribution < -0.4 is 10.1 Å². The van der Waals surface area contributed by atoms with Crippen LogP contribution in [0.2, 0.25) is 0 Å². The van der Waals surface area contributed by atoms with E-state index in [2.05, 4.69) is 5.32 Å². The van der Waals surface area contributed by atoms with Gasteiger partial charge in [-0.15, -0.1) is 11.3 Å². The van der Waals surface area contributed by atoms with E-state index in [9.17, 15) is 9.90 Å². The molecule has 100 valence electrons. The maximum atomic E-state index is 11.5. The third-order valence-electron chi connectivity index (χ3n) is 2.82. The van der Waals surface area contributed by atoms with Gasteiger partial charge in [-0.25, -0.2) is 4.79 Å². The molecule has 0 aliphatic heterocycles. The fourth-order valence-electron chi connectivity index (χ4n) is 1.84. The molecular weight excluding hydrogens is 262 g/mol. The minimum atomic E-state index is -0.906. The number of para-hydroxylation sites is 2. The Labute approximate surface area is 115 Å². The maximum absolute atomic E-state index is 11.5. The van der Waals surface area contributed by atoms with Gasteiger partial charge in [0.1, 0.15) is 5.75 Å². The average Bonchev–Trinajstić information content (AvgIpc) is 2.82. The molecule has 0 radical (unpaired) electrons. The number of thiophene rings is 1. The number of aryl methyl sites for hydroxylation is 1. The van der Waals surface area contributed by atoms with Crippen molar-refractivity contribution in [2.45, 2.75) is 13.0 Å². The van der Waals surface area contributed by atoms with Crippen molar-refractivity contribution in [1.82, 2.24) is 0 Å². The minimum Gasteiger partial charge on any atom is -0.495 e. The predicted molar refractivity (Wildman–Crippen MR) is 76.0 cm³/mol. The highest BCUT2D eigenvalue weighted by Gasteiger charge is 2.23. The lowest BCUT2D eigenvalue weighted by Crippen LogP contribution is -2.20. The zero-order valence-corrected chi connectivity index (χ0v) is 11.5. The lowest BCUT2D eigenvalue weighted by Gasteiger charge is -2.17. The molecule has 2 N–H and O–H groups in total. The van der Waals surface area contributed by atoms with Crippen molar-refractivity contribution in [2.75, 3.05) is 12.4 Å². The third kappa shape index (κ3) is 2.88. The smallest absolute Gasteiger partial charge is 0.331 e. The summed E-state index contributed by atoms with van der Waals surface area (Å²) < 4.78 is 5.22. The Morgan fingerprint density at radius 1 is 1.37 bits per heavy atom. The first-order chi connectivity index (χ1) is 9.13. The lowest BCUT2D eigenvalue weighted by molar-refractivity contribution is -0.138. The van der Waals surface area contributed by atoms with Gasteiger partial charge in [0.15, 0.2) is 6.04 Å². The molecule has 0 saturated carbocycles. The van der Waals surface area contributed by atoms with Gasteiger partial charge in [-0.1, -0.05) is 12.1 Å². The molecule has 0 aliphatic rings. The van der Waals surface area contributed by atoms with Gasteiger partial charge < -0.3 is 15.2 Å². The van der Waals surface area contributed by atoms with Gasteiger partial charge in [0.2, 0.25) is 0 Å². The molecule has 1 atom stereocenters. The van der Waals surface area contributed by atoms with Crippen molar-refractivity contribution in [3.8, 4) is 5.75 Å². The maximum Gasteiger partial charge on any atom is 0.331 e. The van der Waals surface area contributed by atoms with Crippen LogP contribution in [0.15, 0.2) is 35.7 Å². The summed E-state index contributed by atoms with van der Waals surface area (Å²) in [5.74, 6) is -0.278. The van der Waals surface area contributed by atoms with E-state index >= 15 is 0 Å². The lowest BCUT2D eigenvalue weighted by atomic mass is 10.1. The Kier molecular flexibility index (Phi) is 4.06. The van der Waals surface area contributed by atoms with E-state index in [4.69, 9.17) is 4.74 Å².